The van der Waals surface area contributed by atoms with E-state index in [4.69, 9.17) is 9.47 Å². The minimum Gasteiger partial charge on any atom is -0.496 e. The summed E-state index contributed by atoms with van der Waals surface area (Å²) in [5.41, 5.74) is 2.52. The van der Waals surface area contributed by atoms with Gasteiger partial charge in [0, 0.05) is 0 Å². The minimum atomic E-state index is -0.727. The third kappa shape index (κ3) is 5.07. The molecule has 0 atom stereocenters. The molecule has 29 heavy (non-hydrogen) atoms. The molecule has 0 fully saturated rings. The third-order valence-corrected chi connectivity index (χ3v) is 4.17. The van der Waals surface area contributed by atoms with Crippen molar-refractivity contribution in [3.63, 3.8) is 0 Å². The first-order valence-corrected chi connectivity index (χ1v) is 8.88. The molecule has 1 N–H and O–H groups in total. The molecule has 146 valence electrons. The summed E-state index contributed by atoms with van der Waals surface area (Å²) in [6.45, 7) is -0.569. The van der Waals surface area contributed by atoms with E-state index in [2.05, 4.69) is 5.32 Å². The summed E-state index contributed by atoms with van der Waals surface area (Å²) in [5.74, 6) is -1.66. The van der Waals surface area contributed by atoms with E-state index in [0.29, 0.717) is 11.3 Å². The molecular formula is C23H19NO5. The van der Waals surface area contributed by atoms with E-state index < -0.39 is 24.4 Å². The monoisotopic (exact) mass is 389 g/mol. The molecule has 6 heteroatoms. The van der Waals surface area contributed by atoms with Crippen molar-refractivity contribution in [2.45, 2.75) is 0 Å². The topological polar surface area (TPSA) is 81.7 Å². The predicted octanol–water partition coefficient (Wildman–Crippen LogP) is 3.48. The molecule has 3 aromatic rings. The van der Waals surface area contributed by atoms with Crippen LogP contribution in [0, 0.1) is 0 Å². The van der Waals surface area contributed by atoms with Crippen molar-refractivity contribution in [3.05, 3.63) is 90.0 Å². The van der Waals surface area contributed by atoms with Gasteiger partial charge in [-0.25, -0.2) is 4.79 Å². The fourth-order valence-corrected chi connectivity index (χ4v) is 2.71. The fraction of sp³-hybridized carbons (Fsp3) is 0.0870. The molecule has 2 amide bonds. The molecule has 0 unspecified atom stereocenters. The molecule has 0 aromatic heterocycles. The fourth-order valence-electron chi connectivity index (χ4n) is 2.71. The number of ether oxygens (including phenoxy) is 2. The number of carbonyl (C=O) groups is 3. The van der Waals surface area contributed by atoms with Gasteiger partial charge in [-0.05, 0) is 35.4 Å². The lowest BCUT2D eigenvalue weighted by atomic mass is 10.0. The van der Waals surface area contributed by atoms with Crippen molar-refractivity contribution in [1.29, 1.82) is 0 Å². The maximum Gasteiger partial charge on any atom is 0.338 e. The number of para-hydroxylation sites is 1. The first-order valence-electron chi connectivity index (χ1n) is 8.88. The van der Waals surface area contributed by atoms with Gasteiger partial charge in [-0.1, -0.05) is 54.6 Å². The second kappa shape index (κ2) is 9.32. The first kappa shape index (κ1) is 19.8. The molecule has 0 saturated carbocycles. The van der Waals surface area contributed by atoms with Crippen LogP contribution in [0.5, 0.6) is 5.75 Å². The molecule has 3 rings (SSSR count). The number of methoxy groups -OCH3 is 1. The van der Waals surface area contributed by atoms with Crippen molar-refractivity contribution in [1.82, 2.24) is 5.32 Å². The highest BCUT2D eigenvalue weighted by Crippen LogP contribution is 2.19. The highest BCUT2D eigenvalue weighted by Gasteiger charge is 2.16. The number of rotatable bonds is 6. The lowest BCUT2D eigenvalue weighted by molar-refractivity contribution is -0.123. The molecule has 0 spiro atoms. The molecule has 3 aromatic carbocycles. The first-order chi connectivity index (χ1) is 14.1. The minimum absolute atomic E-state index is 0.214. The molecule has 0 radical (unpaired) electrons. The zero-order valence-electron chi connectivity index (χ0n) is 15.8. The summed E-state index contributed by atoms with van der Waals surface area (Å²) in [4.78, 5) is 36.3. The van der Waals surface area contributed by atoms with Gasteiger partial charge in [0.2, 0.25) is 0 Å². The number of carbonyl (C=O) groups excluding carboxylic acids is 3. The Hall–Kier alpha value is -3.93. The van der Waals surface area contributed by atoms with Crippen molar-refractivity contribution < 1.29 is 23.9 Å². The molecular weight excluding hydrogens is 370 g/mol. The average Bonchev–Trinajstić information content (AvgIpc) is 2.78. The Labute approximate surface area is 168 Å². The molecule has 0 saturated heterocycles. The van der Waals surface area contributed by atoms with E-state index >= 15 is 0 Å². The van der Waals surface area contributed by atoms with E-state index in [1.807, 2.05) is 30.3 Å². The van der Waals surface area contributed by atoms with Crippen LogP contribution in [0.4, 0.5) is 0 Å². The number of benzene rings is 3. The number of hydrogen-bond acceptors (Lipinski definition) is 5. The maximum absolute atomic E-state index is 12.2. The molecule has 0 heterocycles. The number of imide groups is 1. The Morgan fingerprint density at radius 3 is 2.10 bits per heavy atom. The van der Waals surface area contributed by atoms with Gasteiger partial charge < -0.3 is 9.47 Å². The van der Waals surface area contributed by atoms with Crippen LogP contribution in [-0.4, -0.2) is 31.5 Å². The van der Waals surface area contributed by atoms with Gasteiger partial charge >= 0.3 is 5.97 Å². The Balaban J connectivity index is 1.55. The van der Waals surface area contributed by atoms with Crippen molar-refractivity contribution in [3.8, 4) is 16.9 Å². The highest BCUT2D eigenvalue weighted by atomic mass is 16.5. The Bertz CT molecular complexity index is 1010. The van der Waals surface area contributed by atoms with Crippen molar-refractivity contribution in [2.24, 2.45) is 0 Å². The second-order valence-electron chi connectivity index (χ2n) is 6.10. The number of amides is 2. The van der Waals surface area contributed by atoms with E-state index in [9.17, 15) is 14.4 Å². The molecule has 0 aliphatic carbocycles. The summed E-state index contributed by atoms with van der Waals surface area (Å²) in [6, 6.07) is 23.1. The van der Waals surface area contributed by atoms with E-state index in [1.54, 1.807) is 42.5 Å². The number of nitrogens with one attached hydrogen (secondary N) is 1. The second-order valence-corrected chi connectivity index (χ2v) is 6.10. The summed E-state index contributed by atoms with van der Waals surface area (Å²) < 4.78 is 10.1. The van der Waals surface area contributed by atoms with Crippen LogP contribution in [0.3, 0.4) is 0 Å². The number of esters is 1. The maximum atomic E-state index is 12.2. The van der Waals surface area contributed by atoms with Crippen LogP contribution in [0.25, 0.3) is 11.1 Å². The van der Waals surface area contributed by atoms with Crippen molar-refractivity contribution >= 4 is 17.8 Å². The number of hydrogen-bond donors (Lipinski definition) is 1. The standard InChI is InChI=1S/C23H19NO5/c1-28-20-10-6-5-9-19(20)22(26)24-21(25)15-29-23(27)18-13-11-17(12-14-18)16-7-3-2-4-8-16/h2-14H,15H2,1H3,(H,24,25,26). The molecule has 0 bridgehead atoms. The molecule has 0 aliphatic heterocycles. The lowest BCUT2D eigenvalue weighted by Crippen LogP contribution is -2.34. The summed E-state index contributed by atoms with van der Waals surface area (Å²) in [5, 5.41) is 2.17. The van der Waals surface area contributed by atoms with Crippen LogP contribution >= 0.6 is 0 Å². The zero-order chi connectivity index (χ0) is 20.6. The summed E-state index contributed by atoms with van der Waals surface area (Å²) in [7, 11) is 1.43. The van der Waals surface area contributed by atoms with E-state index in [-0.39, 0.29) is 5.56 Å². The molecule has 6 nitrogen and oxygen atoms in total. The van der Waals surface area contributed by atoms with Gasteiger partial charge in [-0.3, -0.25) is 14.9 Å². The van der Waals surface area contributed by atoms with Gasteiger partial charge in [0.25, 0.3) is 11.8 Å². The quantitative estimate of drug-likeness (QED) is 0.653. The smallest absolute Gasteiger partial charge is 0.338 e. The lowest BCUT2D eigenvalue weighted by Gasteiger charge is -2.09. The summed E-state index contributed by atoms with van der Waals surface area (Å²) in [6.07, 6.45) is 0. The molecule has 0 aliphatic rings. The third-order valence-electron chi connectivity index (χ3n) is 4.17. The van der Waals surface area contributed by atoms with Crippen molar-refractivity contribution in [2.75, 3.05) is 13.7 Å². The Morgan fingerprint density at radius 1 is 0.793 bits per heavy atom. The van der Waals surface area contributed by atoms with E-state index in [1.165, 1.54) is 13.2 Å². The van der Waals surface area contributed by atoms with Crippen LogP contribution in [-0.2, 0) is 9.53 Å². The van der Waals surface area contributed by atoms with Crippen LogP contribution in [0.15, 0.2) is 78.9 Å². The van der Waals surface area contributed by atoms with Gasteiger partial charge in [-0.2, -0.15) is 0 Å². The van der Waals surface area contributed by atoms with Crippen LogP contribution in [0.1, 0.15) is 20.7 Å². The highest BCUT2D eigenvalue weighted by molar-refractivity contribution is 6.07. The summed E-state index contributed by atoms with van der Waals surface area (Å²) >= 11 is 0. The zero-order valence-corrected chi connectivity index (χ0v) is 15.8. The van der Waals surface area contributed by atoms with Gasteiger partial charge in [0.15, 0.2) is 6.61 Å². The Morgan fingerprint density at radius 2 is 1.41 bits per heavy atom. The SMILES string of the molecule is COc1ccccc1C(=O)NC(=O)COC(=O)c1ccc(-c2ccccc2)cc1. The average molecular weight is 389 g/mol. The predicted molar refractivity (Wildman–Crippen MR) is 108 cm³/mol. The largest absolute Gasteiger partial charge is 0.496 e. The van der Waals surface area contributed by atoms with Crippen LogP contribution < -0.4 is 10.1 Å². The van der Waals surface area contributed by atoms with Crippen LogP contribution in [0.2, 0.25) is 0 Å². The van der Waals surface area contributed by atoms with E-state index in [0.717, 1.165) is 11.1 Å². The Kier molecular flexibility index (Phi) is 6.37. The van der Waals surface area contributed by atoms with Gasteiger partial charge in [0.1, 0.15) is 5.75 Å². The van der Waals surface area contributed by atoms with Gasteiger partial charge in [-0.15, -0.1) is 0 Å². The van der Waals surface area contributed by atoms with Gasteiger partial charge in [0.05, 0.1) is 18.2 Å². The normalized spacial score (nSPS) is 10.1.